The Morgan fingerprint density at radius 3 is 2.76 bits per heavy atom. The topological polar surface area (TPSA) is 107 Å². The number of aliphatic hydroxyl groups excluding tert-OH is 1. The number of hydrogen-bond acceptors (Lipinski definition) is 7. The number of ether oxygens (including phenoxy) is 2. The van der Waals surface area contributed by atoms with Gasteiger partial charge in [-0.25, -0.2) is 4.98 Å². The molecule has 1 N–H and O–H groups in total. The molecule has 1 amide bonds. The minimum atomic E-state index is -0.803. The van der Waals surface area contributed by atoms with Gasteiger partial charge in [-0.05, 0) is 43.2 Å². The molecular formula is C24H25N3O6. The molecular weight excluding hydrogens is 426 g/mol. The van der Waals surface area contributed by atoms with Crippen LogP contribution in [0.15, 0.2) is 71.1 Å². The van der Waals surface area contributed by atoms with Crippen molar-refractivity contribution < 1.29 is 28.6 Å². The van der Waals surface area contributed by atoms with E-state index in [-0.39, 0.29) is 11.3 Å². The number of benzene rings is 1. The van der Waals surface area contributed by atoms with Crippen LogP contribution in [0.3, 0.4) is 0 Å². The zero-order valence-electron chi connectivity index (χ0n) is 18.4. The highest BCUT2D eigenvalue weighted by Gasteiger charge is 2.44. The predicted molar refractivity (Wildman–Crippen MR) is 118 cm³/mol. The Balaban J connectivity index is 1.70. The largest absolute Gasteiger partial charge is 0.503 e. The Hall–Kier alpha value is -4.01. The third-order valence-corrected chi connectivity index (χ3v) is 5.47. The number of Topliss-reactive ketones (excluding diaryl/α,β-unsaturated/α-hetero) is 1. The molecule has 1 aromatic carbocycles. The van der Waals surface area contributed by atoms with Crippen LogP contribution in [0.5, 0.6) is 11.5 Å². The predicted octanol–water partition coefficient (Wildman–Crippen LogP) is 3.55. The molecule has 1 aliphatic heterocycles. The van der Waals surface area contributed by atoms with Gasteiger partial charge in [0.2, 0.25) is 5.78 Å². The summed E-state index contributed by atoms with van der Waals surface area (Å²) in [6, 6.07) is 7.50. The van der Waals surface area contributed by atoms with Gasteiger partial charge in [0, 0.05) is 25.5 Å². The Bertz CT molecular complexity index is 1150. The second-order valence-corrected chi connectivity index (χ2v) is 7.47. The van der Waals surface area contributed by atoms with Crippen LogP contribution in [-0.4, -0.2) is 51.5 Å². The lowest BCUT2D eigenvalue weighted by molar-refractivity contribution is -0.129. The zero-order chi connectivity index (χ0) is 23.4. The van der Waals surface area contributed by atoms with Crippen molar-refractivity contribution in [3.05, 3.63) is 78.0 Å². The number of methoxy groups -OCH3 is 1. The van der Waals surface area contributed by atoms with Crippen LogP contribution in [0, 0.1) is 0 Å². The summed E-state index contributed by atoms with van der Waals surface area (Å²) in [4.78, 5) is 31.8. The van der Waals surface area contributed by atoms with E-state index in [1.165, 1.54) is 24.3 Å². The molecule has 2 aromatic heterocycles. The fourth-order valence-electron chi connectivity index (χ4n) is 3.97. The highest BCUT2D eigenvalue weighted by Crippen LogP contribution is 2.41. The lowest BCUT2D eigenvalue weighted by atomic mass is 9.94. The van der Waals surface area contributed by atoms with Gasteiger partial charge in [0.15, 0.2) is 23.0 Å². The quantitative estimate of drug-likeness (QED) is 0.470. The summed E-state index contributed by atoms with van der Waals surface area (Å²) in [5.74, 6) is -0.651. The summed E-state index contributed by atoms with van der Waals surface area (Å²) in [6.45, 7) is 3.27. The van der Waals surface area contributed by atoms with Gasteiger partial charge >= 0.3 is 0 Å². The molecule has 3 heterocycles. The molecule has 0 fully saturated rings. The number of aliphatic hydroxyl groups is 1. The molecule has 9 nitrogen and oxygen atoms in total. The number of ketones is 1. The third-order valence-electron chi connectivity index (χ3n) is 5.47. The van der Waals surface area contributed by atoms with E-state index in [2.05, 4.69) is 4.98 Å². The molecule has 0 radical (unpaired) electrons. The van der Waals surface area contributed by atoms with E-state index in [1.807, 2.05) is 17.7 Å². The molecule has 4 rings (SSSR count). The monoisotopic (exact) mass is 451 g/mol. The molecule has 1 aliphatic rings. The van der Waals surface area contributed by atoms with Crippen LogP contribution in [-0.2, 0) is 11.3 Å². The molecule has 172 valence electrons. The zero-order valence-corrected chi connectivity index (χ0v) is 18.4. The summed E-state index contributed by atoms with van der Waals surface area (Å²) < 4.78 is 18.2. The number of hydrogen-bond donors (Lipinski definition) is 1. The molecule has 9 heteroatoms. The Kier molecular flexibility index (Phi) is 6.48. The van der Waals surface area contributed by atoms with Gasteiger partial charge in [-0.1, -0.05) is 6.07 Å². The van der Waals surface area contributed by atoms with Gasteiger partial charge < -0.3 is 28.5 Å². The number of carbonyl (C=O) groups excluding carboxylic acids is 2. The smallest absolute Gasteiger partial charge is 0.290 e. The Labute approximate surface area is 190 Å². The minimum absolute atomic E-state index is 0.0243. The van der Waals surface area contributed by atoms with E-state index >= 15 is 0 Å². The molecule has 0 spiro atoms. The van der Waals surface area contributed by atoms with Gasteiger partial charge in [0.25, 0.3) is 5.91 Å². The number of imidazole rings is 1. The normalized spacial score (nSPS) is 15.9. The number of carbonyl (C=O) groups is 2. The average Bonchev–Trinajstić information content (AvgIpc) is 3.58. The molecule has 3 aromatic rings. The number of aryl methyl sites for hydroxylation is 1. The molecule has 33 heavy (non-hydrogen) atoms. The van der Waals surface area contributed by atoms with Crippen LogP contribution < -0.4 is 9.47 Å². The van der Waals surface area contributed by atoms with E-state index < -0.39 is 23.5 Å². The van der Waals surface area contributed by atoms with E-state index in [1.54, 1.807) is 36.8 Å². The van der Waals surface area contributed by atoms with Crippen molar-refractivity contribution in [1.29, 1.82) is 0 Å². The van der Waals surface area contributed by atoms with Gasteiger partial charge in [0.1, 0.15) is 0 Å². The van der Waals surface area contributed by atoms with E-state index in [0.29, 0.717) is 43.2 Å². The van der Waals surface area contributed by atoms with Crippen LogP contribution >= 0.6 is 0 Å². The molecule has 1 atom stereocenters. The van der Waals surface area contributed by atoms with E-state index in [4.69, 9.17) is 13.9 Å². The summed E-state index contributed by atoms with van der Waals surface area (Å²) in [6.07, 6.45) is 7.19. The highest BCUT2D eigenvalue weighted by molar-refractivity contribution is 6.15. The number of furan rings is 1. The summed E-state index contributed by atoms with van der Waals surface area (Å²) in [7, 11) is 1.52. The molecule has 0 bridgehead atoms. The van der Waals surface area contributed by atoms with Gasteiger partial charge in [0.05, 0.1) is 37.9 Å². The Morgan fingerprint density at radius 1 is 1.24 bits per heavy atom. The SMILES string of the molecule is CCOc1ccc([C@@H]2C(C(=O)c3ccco3)=C(O)C(=O)N2CCCn2ccnc2)cc1OC. The molecule has 0 saturated carbocycles. The van der Waals surface area contributed by atoms with Crippen molar-refractivity contribution in [1.82, 2.24) is 14.5 Å². The summed E-state index contributed by atoms with van der Waals surface area (Å²) in [5, 5.41) is 10.7. The molecule has 0 aliphatic carbocycles. The van der Waals surface area contributed by atoms with Crippen molar-refractivity contribution in [2.45, 2.75) is 25.9 Å². The van der Waals surface area contributed by atoms with Crippen molar-refractivity contribution in [2.75, 3.05) is 20.3 Å². The average molecular weight is 451 g/mol. The molecule has 0 saturated heterocycles. The van der Waals surface area contributed by atoms with Gasteiger partial charge in [-0.2, -0.15) is 0 Å². The first-order valence-corrected chi connectivity index (χ1v) is 10.6. The van der Waals surface area contributed by atoms with Crippen LogP contribution in [0.1, 0.15) is 35.5 Å². The summed E-state index contributed by atoms with van der Waals surface area (Å²) >= 11 is 0. The van der Waals surface area contributed by atoms with Crippen LogP contribution in [0.25, 0.3) is 0 Å². The number of amides is 1. The lowest BCUT2D eigenvalue weighted by Gasteiger charge is -2.27. The van der Waals surface area contributed by atoms with Gasteiger partial charge in [-0.15, -0.1) is 0 Å². The molecule has 0 unspecified atom stereocenters. The summed E-state index contributed by atoms with van der Waals surface area (Å²) in [5.41, 5.74) is 0.592. The Morgan fingerprint density at radius 2 is 2.09 bits per heavy atom. The number of rotatable bonds is 10. The first kappa shape index (κ1) is 22.2. The fourth-order valence-corrected chi connectivity index (χ4v) is 3.97. The standard InChI is InChI=1S/C24H25N3O6/c1-3-32-17-8-7-16(14-19(17)31-2)21-20(22(28)18-6-4-13-33-18)23(29)24(30)27(21)11-5-10-26-12-9-25-15-26/h4,6-9,12-15,21,29H,3,5,10-11H2,1-2H3/t21-/m1/s1. The maximum absolute atomic E-state index is 13.2. The van der Waals surface area contributed by atoms with Crippen LogP contribution in [0.4, 0.5) is 0 Å². The van der Waals surface area contributed by atoms with Crippen LogP contribution in [0.2, 0.25) is 0 Å². The second kappa shape index (κ2) is 9.64. The van der Waals surface area contributed by atoms with Crippen molar-refractivity contribution in [3.63, 3.8) is 0 Å². The minimum Gasteiger partial charge on any atom is -0.503 e. The van der Waals surface area contributed by atoms with Crippen molar-refractivity contribution >= 4 is 11.7 Å². The van der Waals surface area contributed by atoms with E-state index in [0.717, 1.165) is 0 Å². The second-order valence-electron chi connectivity index (χ2n) is 7.47. The highest BCUT2D eigenvalue weighted by atomic mass is 16.5. The van der Waals surface area contributed by atoms with Crippen molar-refractivity contribution in [2.24, 2.45) is 0 Å². The number of nitrogens with zero attached hydrogens (tertiary/aromatic N) is 3. The van der Waals surface area contributed by atoms with E-state index in [9.17, 15) is 14.7 Å². The first-order valence-electron chi connectivity index (χ1n) is 10.6. The lowest BCUT2D eigenvalue weighted by Crippen LogP contribution is -2.32. The first-order chi connectivity index (χ1) is 16.0. The third kappa shape index (κ3) is 4.34. The van der Waals surface area contributed by atoms with Crippen molar-refractivity contribution in [3.8, 4) is 11.5 Å². The van der Waals surface area contributed by atoms with Gasteiger partial charge in [-0.3, -0.25) is 9.59 Å². The fraction of sp³-hybridized carbons (Fsp3) is 0.292. The maximum Gasteiger partial charge on any atom is 0.290 e. The maximum atomic E-state index is 13.2. The number of aromatic nitrogens is 2.